The number of morpholine rings is 1. The summed E-state index contributed by atoms with van der Waals surface area (Å²) in [6.07, 6.45) is 1.33. The van der Waals surface area contributed by atoms with Crippen molar-refractivity contribution in [1.29, 1.82) is 0 Å². The maximum absolute atomic E-state index is 12.6. The number of ether oxygens (including phenoxy) is 1. The molecule has 1 fully saturated rings. The minimum atomic E-state index is -0.0139. The Hall–Kier alpha value is -2.13. The number of hydrogen-bond donors (Lipinski definition) is 0. The summed E-state index contributed by atoms with van der Waals surface area (Å²) in [5, 5.41) is 0. The van der Waals surface area contributed by atoms with Gasteiger partial charge < -0.3 is 9.64 Å². The molecule has 26 heavy (non-hydrogen) atoms. The summed E-state index contributed by atoms with van der Waals surface area (Å²) in [6.45, 7) is 8.58. The molecular weight excluding hydrogens is 322 g/mol. The van der Waals surface area contributed by atoms with Crippen molar-refractivity contribution in [2.45, 2.75) is 45.1 Å². The molecule has 1 amide bonds. The third kappa shape index (κ3) is 4.73. The Balaban J connectivity index is 1.54. The Morgan fingerprint density at radius 3 is 2.42 bits per heavy atom. The van der Waals surface area contributed by atoms with Crippen LogP contribution in [0.15, 0.2) is 54.6 Å². The van der Waals surface area contributed by atoms with Crippen LogP contribution in [0.5, 0.6) is 0 Å². The van der Waals surface area contributed by atoms with Crippen LogP contribution in [-0.4, -0.2) is 30.5 Å². The van der Waals surface area contributed by atoms with Gasteiger partial charge in [0.25, 0.3) is 0 Å². The number of amides is 1. The largest absolute Gasteiger partial charge is 0.370 e. The molecule has 0 radical (unpaired) electrons. The highest BCUT2D eigenvalue weighted by atomic mass is 16.5. The number of carbonyl (C=O) groups is 1. The SMILES string of the molecule is CC(C)(C)c1ccc(CCC(=O)N2CCO[C@@H](c3ccccc3)C2)cc1. The number of rotatable bonds is 4. The molecule has 138 valence electrons. The lowest BCUT2D eigenvalue weighted by atomic mass is 9.86. The monoisotopic (exact) mass is 351 g/mol. The second-order valence-corrected chi connectivity index (χ2v) is 8.06. The molecule has 0 spiro atoms. The lowest BCUT2D eigenvalue weighted by Crippen LogP contribution is -2.42. The second kappa shape index (κ2) is 8.05. The first-order valence-electron chi connectivity index (χ1n) is 9.47. The normalized spacial score (nSPS) is 18.0. The van der Waals surface area contributed by atoms with E-state index in [1.165, 1.54) is 11.1 Å². The third-order valence-electron chi connectivity index (χ3n) is 5.04. The van der Waals surface area contributed by atoms with Crippen LogP contribution < -0.4 is 0 Å². The van der Waals surface area contributed by atoms with Gasteiger partial charge in [-0.2, -0.15) is 0 Å². The third-order valence-corrected chi connectivity index (χ3v) is 5.04. The maximum Gasteiger partial charge on any atom is 0.223 e. The molecule has 0 bridgehead atoms. The van der Waals surface area contributed by atoms with E-state index in [0.717, 1.165) is 12.0 Å². The molecule has 3 heteroatoms. The molecule has 1 atom stereocenters. The fourth-order valence-electron chi connectivity index (χ4n) is 3.33. The van der Waals surface area contributed by atoms with Crippen LogP contribution in [0, 0.1) is 0 Å². The molecule has 1 aliphatic heterocycles. The predicted octanol–water partition coefficient (Wildman–Crippen LogP) is 4.52. The van der Waals surface area contributed by atoms with Gasteiger partial charge in [0, 0.05) is 13.0 Å². The van der Waals surface area contributed by atoms with E-state index in [4.69, 9.17) is 4.74 Å². The quantitative estimate of drug-likeness (QED) is 0.811. The minimum absolute atomic E-state index is 0.0139. The topological polar surface area (TPSA) is 29.5 Å². The Morgan fingerprint density at radius 1 is 1.08 bits per heavy atom. The molecule has 3 nitrogen and oxygen atoms in total. The van der Waals surface area contributed by atoms with E-state index in [9.17, 15) is 4.79 Å². The van der Waals surface area contributed by atoms with Crippen LogP contribution in [0.3, 0.4) is 0 Å². The van der Waals surface area contributed by atoms with Gasteiger partial charge in [-0.1, -0.05) is 75.4 Å². The van der Waals surface area contributed by atoms with Gasteiger partial charge in [-0.3, -0.25) is 4.79 Å². The Labute approximate surface area is 157 Å². The van der Waals surface area contributed by atoms with Crippen molar-refractivity contribution >= 4 is 5.91 Å². The minimum Gasteiger partial charge on any atom is -0.370 e. The average molecular weight is 351 g/mol. The van der Waals surface area contributed by atoms with Crippen molar-refractivity contribution in [1.82, 2.24) is 4.90 Å². The second-order valence-electron chi connectivity index (χ2n) is 8.06. The molecule has 1 aliphatic rings. The van der Waals surface area contributed by atoms with Crippen LogP contribution in [-0.2, 0) is 21.4 Å². The van der Waals surface area contributed by atoms with Crippen molar-refractivity contribution in [3.8, 4) is 0 Å². The molecule has 0 aliphatic carbocycles. The van der Waals surface area contributed by atoms with Crippen molar-refractivity contribution in [2.75, 3.05) is 19.7 Å². The smallest absolute Gasteiger partial charge is 0.223 e. The molecular formula is C23H29NO2. The van der Waals surface area contributed by atoms with E-state index in [1.807, 2.05) is 23.1 Å². The zero-order valence-electron chi connectivity index (χ0n) is 16.1. The molecule has 2 aromatic rings. The fourth-order valence-corrected chi connectivity index (χ4v) is 3.33. The molecule has 0 aromatic heterocycles. The number of carbonyl (C=O) groups excluding carboxylic acids is 1. The van der Waals surface area contributed by atoms with Gasteiger partial charge in [0.05, 0.1) is 13.2 Å². The number of aryl methyl sites for hydroxylation is 1. The van der Waals surface area contributed by atoms with Crippen LogP contribution >= 0.6 is 0 Å². The number of benzene rings is 2. The van der Waals surface area contributed by atoms with E-state index in [0.29, 0.717) is 26.1 Å². The van der Waals surface area contributed by atoms with Gasteiger partial charge in [-0.05, 0) is 28.5 Å². The van der Waals surface area contributed by atoms with Crippen molar-refractivity contribution < 1.29 is 9.53 Å². The molecule has 2 aromatic carbocycles. The van der Waals surface area contributed by atoms with Gasteiger partial charge >= 0.3 is 0 Å². The summed E-state index contributed by atoms with van der Waals surface area (Å²) in [6, 6.07) is 18.8. The van der Waals surface area contributed by atoms with E-state index in [1.54, 1.807) is 0 Å². The van der Waals surface area contributed by atoms with Crippen molar-refractivity contribution in [2.24, 2.45) is 0 Å². The number of nitrogens with zero attached hydrogens (tertiary/aromatic N) is 1. The fraction of sp³-hybridized carbons (Fsp3) is 0.435. The first-order valence-corrected chi connectivity index (χ1v) is 9.47. The van der Waals surface area contributed by atoms with Gasteiger partial charge in [0.1, 0.15) is 6.10 Å². The summed E-state index contributed by atoms with van der Waals surface area (Å²) in [4.78, 5) is 14.6. The van der Waals surface area contributed by atoms with E-state index in [2.05, 4.69) is 57.2 Å². The Morgan fingerprint density at radius 2 is 1.77 bits per heavy atom. The average Bonchev–Trinajstić information content (AvgIpc) is 2.66. The highest BCUT2D eigenvalue weighted by molar-refractivity contribution is 5.76. The van der Waals surface area contributed by atoms with Gasteiger partial charge in [-0.15, -0.1) is 0 Å². The van der Waals surface area contributed by atoms with Crippen molar-refractivity contribution in [3.63, 3.8) is 0 Å². The lowest BCUT2D eigenvalue weighted by Gasteiger charge is -2.33. The van der Waals surface area contributed by atoms with Gasteiger partial charge in [0.2, 0.25) is 5.91 Å². The maximum atomic E-state index is 12.6. The highest BCUT2D eigenvalue weighted by Gasteiger charge is 2.25. The molecule has 1 heterocycles. The first-order chi connectivity index (χ1) is 12.4. The molecule has 3 rings (SSSR count). The molecule has 0 N–H and O–H groups in total. The summed E-state index contributed by atoms with van der Waals surface area (Å²) in [7, 11) is 0. The molecule has 0 unspecified atom stereocenters. The predicted molar refractivity (Wildman–Crippen MR) is 105 cm³/mol. The van der Waals surface area contributed by atoms with E-state index < -0.39 is 0 Å². The highest BCUT2D eigenvalue weighted by Crippen LogP contribution is 2.24. The first kappa shape index (κ1) is 18.7. The van der Waals surface area contributed by atoms with Crippen LogP contribution in [0.25, 0.3) is 0 Å². The standard InChI is InChI=1S/C23H29NO2/c1-23(2,3)20-12-9-18(10-13-20)11-14-22(25)24-15-16-26-21(17-24)19-7-5-4-6-8-19/h4-10,12-13,21H,11,14-17H2,1-3H3/t21-/m1/s1. The summed E-state index contributed by atoms with van der Waals surface area (Å²) in [5.74, 6) is 0.217. The lowest BCUT2D eigenvalue weighted by molar-refractivity contribution is -0.139. The summed E-state index contributed by atoms with van der Waals surface area (Å²) >= 11 is 0. The van der Waals surface area contributed by atoms with Crippen LogP contribution in [0.1, 0.15) is 50.0 Å². The molecule has 1 saturated heterocycles. The van der Waals surface area contributed by atoms with E-state index >= 15 is 0 Å². The Bertz CT molecular complexity index is 716. The van der Waals surface area contributed by atoms with Crippen molar-refractivity contribution in [3.05, 3.63) is 71.3 Å². The van der Waals surface area contributed by atoms with E-state index in [-0.39, 0.29) is 17.4 Å². The molecule has 0 saturated carbocycles. The summed E-state index contributed by atoms with van der Waals surface area (Å²) in [5.41, 5.74) is 3.85. The van der Waals surface area contributed by atoms with Gasteiger partial charge in [0.15, 0.2) is 0 Å². The Kier molecular flexibility index (Phi) is 5.77. The zero-order chi connectivity index (χ0) is 18.6. The number of hydrogen-bond acceptors (Lipinski definition) is 2. The zero-order valence-corrected chi connectivity index (χ0v) is 16.1. The summed E-state index contributed by atoms with van der Waals surface area (Å²) < 4.78 is 5.86. The van der Waals surface area contributed by atoms with Gasteiger partial charge in [-0.25, -0.2) is 0 Å². The van der Waals surface area contributed by atoms with Crippen LogP contribution in [0.4, 0.5) is 0 Å². The van der Waals surface area contributed by atoms with Crippen LogP contribution in [0.2, 0.25) is 0 Å².